The molecule has 1 saturated heterocycles. The van der Waals surface area contributed by atoms with E-state index >= 15 is 0 Å². The molecular weight excluding hydrogens is 470 g/mol. The van der Waals surface area contributed by atoms with Crippen molar-refractivity contribution in [3.05, 3.63) is 95.6 Å². The van der Waals surface area contributed by atoms with E-state index in [1.54, 1.807) is 18.2 Å². The molecule has 3 aromatic carbocycles. The molecule has 2 aliphatic heterocycles. The Labute approximate surface area is 215 Å². The molecule has 0 unspecified atom stereocenters. The van der Waals surface area contributed by atoms with E-state index in [1.165, 1.54) is 16.0 Å². The Morgan fingerprint density at radius 1 is 0.946 bits per heavy atom. The quantitative estimate of drug-likeness (QED) is 0.412. The number of hydrogen-bond donors (Lipinski definition) is 2. The van der Waals surface area contributed by atoms with E-state index in [0.29, 0.717) is 18.0 Å². The smallest absolute Gasteiger partial charge is 0.325 e. The molecule has 0 spiro atoms. The third kappa shape index (κ3) is 5.74. The summed E-state index contributed by atoms with van der Waals surface area (Å²) in [7, 11) is 0. The van der Waals surface area contributed by atoms with Gasteiger partial charge in [-0.1, -0.05) is 66.7 Å². The highest BCUT2D eigenvalue weighted by atomic mass is 16.7. The van der Waals surface area contributed by atoms with Crippen LogP contribution < -0.4 is 20.1 Å². The summed E-state index contributed by atoms with van der Waals surface area (Å²) in [5.41, 5.74) is 3.16. The van der Waals surface area contributed by atoms with Gasteiger partial charge in [0.1, 0.15) is 6.04 Å². The van der Waals surface area contributed by atoms with Gasteiger partial charge >= 0.3 is 6.03 Å². The number of urea groups is 1. The van der Waals surface area contributed by atoms with Crippen LogP contribution in [0.3, 0.4) is 0 Å². The predicted octanol–water partition coefficient (Wildman–Crippen LogP) is 3.95. The topological polar surface area (TPSA) is 97.0 Å². The van der Waals surface area contributed by atoms with Crippen LogP contribution in [0.15, 0.2) is 78.9 Å². The minimum absolute atomic E-state index is 0.129. The predicted molar refractivity (Wildman–Crippen MR) is 137 cm³/mol. The molecule has 0 radical (unpaired) electrons. The van der Waals surface area contributed by atoms with E-state index in [0.717, 1.165) is 12.0 Å². The molecule has 1 atom stereocenters. The van der Waals surface area contributed by atoms with Gasteiger partial charge in [0, 0.05) is 18.9 Å². The van der Waals surface area contributed by atoms with Crippen LogP contribution in [0.25, 0.3) is 0 Å². The number of nitrogens with one attached hydrogen (secondary N) is 2. The van der Waals surface area contributed by atoms with Crippen molar-refractivity contribution >= 4 is 17.8 Å². The Hall–Kier alpha value is -4.33. The summed E-state index contributed by atoms with van der Waals surface area (Å²) in [5, 5.41) is 5.68. The minimum Gasteiger partial charge on any atom is -0.454 e. The first-order valence-electron chi connectivity index (χ1n) is 12.5. The highest BCUT2D eigenvalue weighted by molar-refractivity contribution is 6.04. The Bertz CT molecular complexity index is 1230. The molecule has 4 amide bonds. The molecule has 37 heavy (non-hydrogen) atoms. The Morgan fingerprint density at radius 2 is 1.62 bits per heavy atom. The number of nitrogens with zero attached hydrogens (tertiary/aromatic N) is 1. The van der Waals surface area contributed by atoms with Gasteiger partial charge in [-0.05, 0) is 41.7 Å². The van der Waals surface area contributed by atoms with E-state index < -0.39 is 12.1 Å². The maximum atomic E-state index is 12.8. The van der Waals surface area contributed by atoms with Crippen LogP contribution >= 0.6 is 0 Å². The number of benzene rings is 3. The van der Waals surface area contributed by atoms with E-state index in [-0.39, 0.29) is 43.9 Å². The van der Waals surface area contributed by atoms with Crippen molar-refractivity contribution in [3.63, 3.8) is 0 Å². The molecule has 1 fully saturated rings. The molecule has 3 aromatic rings. The summed E-state index contributed by atoms with van der Waals surface area (Å²) < 4.78 is 10.7. The van der Waals surface area contributed by atoms with Gasteiger partial charge in [-0.2, -0.15) is 0 Å². The monoisotopic (exact) mass is 499 g/mol. The van der Waals surface area contributed by atoms with Crippen LogP contribution in [0, 0.1) is 0 Å². The van der Waals surface area contributed by atoms with Crippen LogP contribution in [0.2, 0.25) is 0 Å². The molecule has 8 nitrogen and oxygen atoms in total. The zero-order valence-electron chi connectivity index (χ0n) is 20.4. The average molecular weight is 500 g/mol. The molecule has 0 aromatic heterocycles. The second-order valence-corrected chi connectivity index (χ2v) is 9.17. The van der Waals surface area contributed by atoms with Crippen LogP contribution in [-0.2, 0) is 16.1 Å². The number of imide groups is 1. The molecule has 2 aliphatic rings. The largest absolute Gasteiger partial charge is 0.454 e. The number of fused-ring (bicyclic) bond motifs is 1. The van der Waals surface area contributed by atoms with Gasteiger partial charge in [0.2, 0.25) is 12.7 Å². The highest BCUT2D eigenvalue weighted by Gasteiger charge is 2.38. The van der Waals surface area contributed by atoms with Crippen molar-refractivity contribution < 1.29 is 23.9 Å². The first kappa shape index (κ1) is 24.4. The standard InChI is InChI=1S/C29H29N3O5/c33-27(30-16-15-23(21-7-3-1-4-8-21)22-9-5-2-6-10-22)14-12-24-28(34)32(29(35)31-24)18-20-11-13-25-26(17-20)37-19-36-25/h1-11,13,17,23-24H,12,14-16,18-19H2,(H,30,33)(H,31,35)/t24-/m0/s1. The minimum atomic E-state index is -0.714. The summed E-state index contributed by atoms with van der Waals surface area (Å²) in [6.45, 7) is 0.796. The van der Waals surface area contributed by atoms with E-state index in [9.17, 15) is 14.4 Å². The van der Waals surface area contributed by atoms with Crippen molar-refractivity contribution in [3.8, 4) is 11.5 Å². The van der Waals surface area contributed by atoms with Gasteiger partial charge in [-0.25, -0.2) is 4.79 Å². The number of carbonyl (C=O) groups is 3. The van der Waals surface area contributed by atoms with Crippen LogP contribution in [0.1, 0.15) is 41.9 Å². The summed E-state index contributed by atoms with van der Waals surface area (Å²) in [6.07, 6.45) is 1.15. The van der Waals surface area contributed by atoms with Gasteiger partial charge in [-0.15, -0.1) is 0 Å². The van der Waals surface area contributed by atoms with Gasteiger partial charge in [0.15, 0.2) is 11.5 Å². The van der Waals surface area contributed by atoms with Crippen LogP contribution in [-0.4, -0.2) is 42.1 Å². The molecule has 190 valence electrons. The second-order valence-electron chi connectivity index (χ2n) is 9.17. The maximum absolute atomic E-state index is 12.8. The third-order valence-corrected chi connectivity index (χ3v) is 6.70. The lowest BCUT2D eigenvalue weighted by Gasteiger charge is -2.18. The van der Waals surface area contributed by atoms with Crippen LogP contribution in [0.4, 0.5) is 4.79 Å². The number of rotatable bonds is 10. The lowest BCUT2D eigenvalue weighted by molar-refractivity contribution is -0.128. The van der Waals surface area contributed by atoms with Crippen molar-refractivity contribution in [2.24, 2.45) is 0 Å². The zero-order valence-corrected chi connectivity index (χ0v) is 20.4. The highest BCUT2D eigenvalue weighted by Crippen LogP contribution is 2.33. The van der Waals surface area contributed by atoms with Gasteiger partial charge in [0.25, 0.3) is 5.91 Å². The van der Waals surface area contributed by atoms with E-state index in [4.69, 9.17) is 9.47 Å². The molecule has 2 N–H and O–H groups in total. The van der Waals surface area contributed by atoms with Crippen molar-refractivity contribution in [2.75, 3.05) is 13.3 Å². The number of carbonyl (C=O) groups excluding carboxylic acids is 3. The number of amides is 4. The summed E-state index contributed by atoms with van der Waals surface area (Å²) >= 11 is 0. The fraction of sp³-hybridized carbons (Fsp3) is 0.276. The first-order chi connectivity index (χ1) is 18.1. The Morgan fingerprint density at radius 3 is 2.32 bits per heavy atom. The maximum Gasteiger partial charge on any atom is 0.325 e. The third-order valence-electron chi connectivity index (χ3n) is 6.70. The van der Waals surface area contributed by atoms with Crippen molar-refractivity contribution in [1.82, 2.24) is 15.5 Å². The Kier molecular flexibility index (Phi) is 7.35. The second kappa shape index (κ2) is 11.2. The molecule has 5 rings (SSSR count). The summed E-state index contributed by atoms with van der Waals surface area (Å²) in [6, 6.07) is 24.6. The SMILES string of the molecule is O=C(CC[C@@H]1NC(=O)N(Cc2ccc3c(c2)OCO3)C1=O)NCCC(c1ccccc1)c1ccccc1. The first-order valence-corrected chi connectivity index (χ1v) is 12.5. The lowest BCUT2D eigenvalue weighted by Crippen LogP contribution is -2.33. The normalized spacial score (nSPS) is 16.2. The molecule has 8 heteroatoms. The molecule has 0 aliphatic carbocycles. The van der Waals surface area contributed by atoms with Crippen LogP contribution in [0.5, 0.6) is 11.5 Å². The fourth-order valence-corrected chi connectivity index (χ4v) is 4.76. The molecular formula is C29H29N3O5. The summed E-state index contributed by atoms with van der Waals surface area (Å²) in [4.78, 5) is 39.0. The van der Waals surface area contributed by atoms with E-state index in [2.05, 4.69) is 34.9 Å². The zero-order chi connectivity index (χ0) is 25.6. The lowest BCUT2D eigenvalue weighted by atomic mass is 9.88. The van der Waals surface area contributed by atoms with Crippen molar-refractivity contribution in [1.29, 1.82) is 0 Å². The molecule has 0 bridgehead atoms. The Balaban J connectivity index is 1.11. The van der Waals surface area contributed by atoms with E-state index in [1.807, 2.05) is 36.4 Å². The molecule has 2 heterocycles. The number of hydrogen-bond acceptors (Lipinski definition) is 5. The van der Waals surface area contributed by atoms with Gasteiger partial charge in [-0.3, -0.25) is 14.5 Å². The number of ether oxygens (including phenoxy) is 2. The van der Waals surface area contributed by atoms with Gasteiger partial charge in [0.05, 0.1) is 6.54 Å². The fourth-order valence-electron chi connectivity index (χ4n) is 4.76. The van der Waals surface area contributed by atoms with Gasteiger partial charge < -0.3 is 20.1 Å². The van der Waals surface area contributed by atoms with Crippen molar-refractivity contribution in [2.45, 2.75) is 37.8 Å². The molecule has 0 saturated carbocycles. The average Bonchev–Trinajstić information content (AvgIpc) is 3.50. The summed E-state index contributed by atoms with van der Waals surface area (Å²) in [5.74, 6) is 0.936.